The first kappa shape index (κ1) is 19.2. The summed E-state index contributed by atoms with van der Waals surface area (Å²) in [6.45, 7) is 1.34. The molecule has 3 heterocycles. The first-order valence-electron chi connectivity index (χ1n) is 9.74. The van der Waals surface area contributed by atoms with Crippen LogP contribution in [-0.2, 0) is 4.74 Å². The van der Waals surface area contributed by atoms with Gasteiger partial charge in [0, 0.05) is 25.1 Å². The highest BCUT2D eigenvalue weighted by Gasteiger charge is 2.35. The number of hydrogen-bond donors (Lipinski definition) is 0. The van der Waals surface area contributed by atoms with Gasteiger partial charge in [-0.1, -0.05) is 12.7 Å². The van der Waals surface area contributed by atoms with Gasteiger partial charge in [-0.15, -0.1) is 0 Å². The quantitative estimate of drug-likeness (QED) is 0.586. The second-order valence-electron chi connectivity index (χ2n) is 7.38. The number of nitriles is 1. The van der Waals surface area contributed by atoms with Gasteiger partial charge in [-0.05, 0) is 30.9 Å². The summed E-state index contributed by atoms with van der Waals surface area (Å²) in [4.78, 5) is 25.1. The first-order valence-corrected chi connectivity index (χ1v) is 9.74. The zero-order valence-electron chi connectivity index (χ0n) is 16.2. The van der Waals surface area contributed by atoms with Gasteiger partial charge in [0.25, 0.3) is 6.71 Å². The minimum atomic E-state index is -0.593. The number of nitrogens with zero attached hydrogens (tertiary/aromatic N) is 5. The summed E-state index contributed by atoms with van der Waals surface area (Å²) in [6.07, 6.45) is 7.03. The monoisotopic (exact) mass is 393 g/mol. The third-order valence-electron chi connectivity index (χ3n) is 5.72. The van der Waals surface area contributed by atoms with Crippen LogP contribution < -0.4 is 9.80 Å². The van der Waals surface area contributed by atoms with Gasteiger partial charge in [0.15, 0.2) is 5.82 Å². The lowest BCUT2D eigenvalue weighted by atomic mass is 9.42. The summed E-state index contributed by atoms with van der Waals surface area (Å²) in [5.41, 5.74) is 1.49. The molecule has 0 bridgehead atoms. The highest BCUT2D eigenvalue weighted by Crippen LogP contribution is 2.40. The number of methoxy groups -OCH3 is 1. The molecule has 1 fully saturated rings. The molecular weight excluding hydrogens is 372 g/mol. The average molecular weight is 393 g/mol. The van der Waals surface area contributed by atoms with E-state index >= 15 is 0 Å². The van der Waals surface area contributed by atoms with Gasteiger partial charge >= 0.3 is 5.97 Å². The second-order valence-corrected chi connectivity index (χ2v) is 7.38. The van der Waals surface area contributed by atoms with Gasteiger partial charge < -0.3 is 14.5 Å². The third-order valence-corrected chi connectivity index (χ3v) is 5.72. The molecule has 2 aliphatic heterocycles. The molecule has 0 saturated carbocycles. The van der Waals surface area contributed by atoms with Gasteiger partial charge in [0.2, 0.25) is 0 Å². The van der Waals surface area contributed by atoms with E-state index in [1.54, 1.807) is 12.3 Å². The van der Waals surface area contributed by atoms with Crippen molar-refractivity contribution >= 4 is 29.9 Å². The van der Waals surface area contributed by atoms with Crippen LogP contribution in [0.5, 0.6) is 0 Å². The van der Waals surface area contributed by atoms with Crippen molar-refractivity contribution in [3.63, 3.8) is 0 Å². The van der Waals surface area contributed by atoms with Crippen LogP contribution in [0.2, 0.25) is 12.6 Å². The topological polar surface area (TPSA) is 82.4 Å². The maximum absolute atomic E-state index is 13.8. The molecule has 2 aromatic rings. The van der Waals surface area contributed by atoms with Crippen molar-refractivity contribution in [3.8, 4) is 5.97 Å². The molecular formula is C20H21BFN5O2. The Morgan fingerprint density at radius 1 is 1.38 bits per heavy atom. The zero-order valence-corrected chi connectivity index (χ0v) is 16.2. The fourth-order valence-electron chi connectivity index (χ4n) is 4.35. The van der Waals surface area contributed by atoms with Crippen LogP contribution >= 0.6 is 0 Å². The third kappa shape index (κ3) is 3.62. The molecule has 148 valence electrons. The summed E-state index contributed by atoms with van der Waals surface area (Å²) >= 11 is 0. The predicted octanol–water partition coefficient (Wildman–Crippen LogP) is 3.08. The number of esters is 1. The molecule has 1 unspecified atom stereocenters. The smallest absolute Gasteiger partial charge is 0.340 e. The number of halogens is 1. The highest BCUT2D eigenvalue weighted by atomic mass is 19.1. The molecule has 2 aliphatic rings. The molecule has 0 aliphatic carbocycles. The SMILES string of the molecule is COC(=O)c1cc(F)ccc1N1CCN(C2CCCB(C#N)C2)c2ncncc21. The molecule has 0 amide bonds. The highest BCUT2D eigenvalue weighted by molar-refractivity contribution is 6.67. The Labute approximate surface area is 169 Å². The van der Waals surface area contributed by atoms with E-state index in [2.05, 4.69) is 20.8 Å². The van der Waals surface area contributed by atoms with Gasteiger partial charge in [0.1, 0.15) is 17.8 Å². The number of fused-ring (bicyclic) bond motifs is 1. The molecule has 29 heavy (non-hydrogen) atoms. The van der Waals surface area contributed by atoms with Crippen LogP contribution in [0.3, 0.4) is 0 Å². The summed E-state index contributed by atoms with van der Waals surface area (Å²) in [5.74, 6) is 2.09. The Kier molecular flexibility index (Phi) is 5.34. The molecule has 0 spiro atoms. The lowest BCUT2D eigenvalue weighted by Crippen LogP contribution is -2.48. The molecule has 1 atom stereocenters. The van der Waals surface area contributed by atoms with E-state index in [0.29, 0.717) is 18.8 Å². The number of benzene rings is 1. The number of rotatable bonds is 3. The Hall–Kier alpha value is -3.15. The van der Waals surface area contributed by atoms with E-state index < -0.39 is 11.8 Å². The summed E-state index contributed by atoms with van der Waals surface area (Å²) in [5, 5.41) is 9.34. The van der Waals surface area contributed by atoms with E-state index in [0.717, 1.165) is 37.0 Å². The average Bonchev–Trinajstić information content (AvgIpc) is 2.78. The molecule has 4 rings (SSSR count). The van der Waals surface area contributed by atoms with Crippen LogP contribution in [0.1, 0.15) is 23.2 Å². The molecule has 1 aromatic carbocycles. The number of anilines is 3. The standard InChI is InChI=1S/C20H21BFN5O2/c1-29-20(28)16-9-14(22)4-5-17(16)27-8-7-26(19-18(27)11-24-13-25-19)15-3-2-6-21(10-15)12-23/h4-5,9,11,13,15H,2-3,6-8,10H2,1H3. The van der Waals surface area contributed by atoms with Crippen LogP contribution in [0.15, 0.2) is 30.7 Å². The minimum Gasteiger partial charge on any atom is -0.465 e. The van der Waals surface area contributed by atoms with Crippen molar-refractivity contribution in [2.75, 3.05) is 30.0 Å². The molecule has 0 N–H and O–H groups in total. The number of aromatic nitrogens is 2. The Balaban J connectivity index is 1.72. The number of ether oxygens (including phenoxy) is 1. The second kappa shape index (κ2) is 8.07. The number of carbonyl (C=O) groups is 1. The largest absolute Gasteiger partial charge is 0.465 e. The van der Waals surface area contributed by atoms with Crippen LogP contribution in [0.25, 0.3) is 0 Å². The lowest BCUT2D eigenvalue weighted by molar-refractivity contribution is 0.0601. The van der Waals surface area contributed by atoms with E-state index in [-0.39, 0.29) is 18.3 Å². The van der Waals surface area contributed by atoms with Crippen LogP contribution in [-0.4, -0.2) is 48.9 Å². The molecule has 7 nitrogen and oxygen atoms in total. The first-order chi connectivity index (χ1) is 14.1. The Morgan fingerprint density at radius 2 is 2.24 bits per heavy atom. The maximum atomic E-state index is 13.8. The maximum Gasteiger partial charge on any atom is 0.340 e. The minimum absolute atomic E-state index is 0.0695. The molecule has 0 radical (unpaired) electrons. The van der Waals surface area contributed by atoms with E-state index in [4.69, 9.17) is 4.74 Å². The molecule has 9 heteroatoms. The van der Waals surface area contributed by atoms with Gasteiger partial charge in [-0.2, -0.15) is 0 Å². The van der Waals surface area contributed by atoms with Crippen molar-refractivity contribution in [2.45, 2.75) is 31.5 Å². The van der Waals surface area contributed by atoms with Crippen molar-refractivity contribution in [1.82, 2.24) is 9.97 Å². The van der Waals surface area contributed by atoms with E-state index in [9.17, 15) is 14.4 Å². The van der Waals surface area contributed by atoms with Crippen LogP contribution in [0, 0.1) is 17.0 Å². The summed E-state index contributed by atoms with van der Waals surface area (Å²) < 4.78 is 18.6. The van der Waals surface area contributed by atoms with Crippen LogP contribution in [0.4, 0.5) is 21.6 Å². The van der Waals surface area contributed by atoms with Crippen molar-refractivity contribution in [3.05, 3.63) is 42.1 Å². The summed E-state index contributed by atoms with van der Waals surface area (Å²) in [6, 6.07) is 4.35. The Morgan fingerprint density at radius 3 is 3.03 bits per heavy atom. The van der Waals surface area contributed by atoms with Gasteiger partial charge in [-0.3, -0.25) is 0 Å². The van der Waals surface area contributed by atoms with Gasteiger partial charge in [-0.25, -0.2) is 24.4 Å². The number of hydrogen-bond acceptors (Lipinski definition) is 7. The van der Waals surface area contributed by atoms with Crippen molar-refractivity contribution in [2.24, 2.45) is 0 Å². The number of carbonyl (C=O) groups excluding carboxylic acids is 1. The fourth-order valence-corrected chi connectivity index (χ4v) is 4.35. The molecule has 1 saturated heterocycles. The predicted molar refractivity (Wildman–Crippen MR) is 108 cm³/mol. The fraction of sp³-hybridized carbons (Fsp3) is 0.400. The Bertz CT molecular complexity index is 966. The molecule has 1 aromatic heterocycles. The van der Waals surface area contributed by atoms with Crippen molar-refractivity contribution in [1.29, 1.82) is 5.26 Å². The zero-order chi connectivity index (χ0) is 20.4. The normalized spacial score (nSPS) is 18.8. The van der Waals surface area contributed by atoms with E-state index in [1.807, 2.05) is 4.90 Å². The van der Waals surface area contributed by atoms with E-state index in [1.165, 1.54) is 25.6 Å². The lowest BCUT2D eigenvalue weighted by Gasteiger charge is -2.43. The summed E-state index contributed by atoms with van der Waals surface area (Å²) in [7, 11) is 1.28. The van der Waals surface area contributed by atoms with Gasteiger partial charge in [0.05, 0.1) is 24.6 Å². The van der Waals surface area contributed by atoms with Crippen molar-refractivity contribution < 1.29 is 13.9 Å².